The number of aliphatic hydroxyl groups excluding tert-OH is 1. The Kier molecular flexibility index (Phi) is 6.30. The van der Waals surface area contributed by atoms with Crippen LogP contribution in [0.3, 0.4) is 0 Å². The van der Waals surface area contributed by atoms with Crippen molar-refractivity contribution in [1.29, 1.82) is 0 Å². The van der Waals surface area contributed by atoms with E-state index in [2.05, 4.69) is 11.2 Å². The molecule has 1 aromatic carbocycles. The highest BCUT2D eigenvalue weighted by atomic mass is 16.5. The van der Waals surface area contributed by atoms with Crippen molar-refractivity contribution < 1.29 is 14.6 Å². The summed E-state index contributed by atoms with van der Waals surface area (Å²) >= 11 is 0. The largest absolute Gasteiger partial charge is 0.481 e. The monoisotopic (exact) mass is 316 g/mol. The van der Waals surface area contributed by atoms with Gasteiger partial charge in [0.1, 0.15) is 12.4 Å². The normalized spacial score (nSPS) is 20.7. The predicted molar refractivity (Wildman–Crippen MR) is 89.2 cm³/mol. The number of piperidine rings is 1. The van der Waals surface area contributed by atoms with Crippen LogP contribution in [-0.4, -0.2) is 48.4 Å². The highest BCUT2D eigenvalue weighted by molar-refractivity contribution is 5.74. The zero-order valence-electron chi connectivity index (χ0n) is 13.5. The molecule has 0 radical (unpaired) electrons. The standard InChI is InChI=1S/C18H24N2O3/c1-3-12-23-16-6-4-15(5-7-16)8-10-19-18(22)20-11-9-14(2)17(21)13-20/h1,4-7,14,17,21H,8-13H2,2H3,(H,19,22). The molecule has 5 heteroatoms. The number of nitrogens with zero attached hydrogens (tertiary/aromatic N) is 1. The molecule has 0 saturated carbocycles. The number of carbonyl (C=O) groups excluding carboxylic acids is 1. The van der Waals surface area contributed by atoms with E-state index in [9.17, 15) is 9.90 Å². The van der Waals surface area contributed by atoms with Crippen molar-refractivity contribution in [3.05, 3.63) is 29.8 Å². The summed E-state index contributed by atoms with van der Waals surface area (Å²) in [6, 6.07) is 7.56. The second-order valence-electron chi connectivity index (χ2n) is 5.90. The first-order valence-electron chi connectivity index (χ1n) is 7.96. The minimum atomic E-state index is -0.426. The maximum atomic E-state index is 12.1. The molecule has 23 heavy (non-hydrogen) atoms. The number of aliphatic hydroxyl groups is 1. The number of carbonyl (C=O) groups is 1. The third-order valence-corrected chi connectivity index (χ3v) is 4.14. The van der Waals surface area contributed by atoms with Gasteiger partial charge in [-0.15, -0.1) is 6.42 Å². The van der Waals surface area contributed by atoms with Crippen molar-refractivity contribution in [2.45, 2.75) is 25.9 Å². The van der Waals surface area contributed by atoms with Crippen LogP contribution in [0.25, 0.3) is 0 Å². The van der Waals surface area contributed by atoms with E-state index < -0.39 is 6.10 Å². The fourth-order valence-corrected chi connectivity index (χ4v) is 2.54. The van der Waals surface area contributed by atoms with Gasteiger partial charge in [0.25, 0.3) is 0 Å². The van der Waals surface area contributed by atoms with Crippen LogP contribution >= 0.6 is 0 Å². The molecule has 0 aliphatic carbocycles. The predicted octanol–water partition coefficient (Wildman–Crippen LogP) is 1.65. The van der Waals surface area contributed by atoms with E-state index >= 15 is 0 Å². The number of urea groups is 1. The summed E-state index contributed by atoms with van der Waals surface area (Å²) in [6.45, 7) is 3.94. The Morgan fingerprint density at radius 1 is 1.48 bits per heavy atom. The molecule has 2 atom stereocenters. The molecule has 2 N–H and O–H groups in total. The number of rotatable bonds is 5. The van der Waals surface area contributed by atoms with Crippen LogP contribution in [-0.2, 0) is 6.42 Å². The summed E-state index contributed by atoms with van der Waals surface area (Å²) in [5.74, 6) is 3.42. The number of likely N-dealkylation sites (tertiary alicyclic amines) is 1. The second-order valence-corrected chi connectivity index (χ2v) is 5.90. The fraction of sp³-hybridized carbons (Fsp3) is 0.500. The van der Waals surface area contributed by atoms with Gasteiger partial charge in [-0.3, -0.25) is 0 Å². The molecule has 1 fully saturated rings. The molecule has 0 bridgehead atoms. The van der Waals surface area contributed by atoms with Crippen LogP contribution in [0.2, 0.25) is 0 Å². The number of benzene rings is 1. The van der Waals surface area contributed by atoms with E-state index in [-0.39, 0.29) is 18.6 Å². The first kappa shape index (κ1) is 17.2. The average Bonchev–Trinajstić information content (AvgIpc) is 2.56. The SMILES string of the molecule is C#CCOc1ccc(CCNC(=O)N2CCC(C)C(O)C2)cc1. The molecule has 1 heterocycles. The fourth-order valence-electron chi connectivity index (χ4n) is 2.54. The Labute approximate surface area is 137 Å². The van der Waals surface area contributed by atoms with Crippen LogP contribution in [0.15, 0.2) is 24.3 Å². The Morgan fingerprint density at radius 2 is 2.22 bits per heavy atom. The molecule has 0 spiro atoms. The zero-order valence-corrected chi connectivity index (χ0v) is 13.5. The first-order chi connectivity index (χ1) is 11.1. The van der Waals surface area contributed by atoms with E-state index in [0.717, 1.165) is 24.2 Å². The lowest BCUT2D eigenvalue weighted by Gasteiger charge is -2.34. The van der Waals surface area contributed by atoms with Crippen LogP contribution in [0.5, 0.6) is 5.75 Å². The van der Waals surface area contributed by atoms with Crippen LogP contribution in [0.4, 0.5) is 4.79 Å². The van der Waals surface area contributed by atoms with Gasteiger partial charge in [-0.05, 0) is 36.5 Å². The van der Waals surface area contributed by atoms with E-state index in [4.69, 9.17) is 11.2 Å². The quantitative estimate of drug-likeness (QED) is 0.812. The lowest BCUT2D eigenvalue weighted by molar-refractivity contribution is 0.0436. The molecular weight excluding hydrogens is 292 g/mol. The maximum absolute atomic E-state index is 12.1. The number of hydrogen-bond donors (Lipinski definition) is 2. The number of ether oxygens (including phenoxy) is 1. The molecule has 1 aliphatic heterocycles. The summed E-state index contributed by atoms with van der Waals surface area (Å²) in [5, 5.41) is 12.7. The highest BCUT2D eigenvalue weighted by Crippen LogP contribution is 2.17. The van der Waals surface area contributed by atoms with Gasteiger partial charge in [0, 0.05) is 19.6 Å². The number of terminal acetylenes is 1. The Morgan fingerprint density at radius 3 is 2.87 bits per heavy atom. The Hall–Kier alpha value is -2.19. The second kappa shape index (κ2) is 8.44. The summed E-state index contributed by atoms with van der Waals surface area (Å²) in [5.41, 5.74) is 1.12. The summed E-state index contributed by atoms with van der Waals surface area (Å²) in [6.07, 6.45) is 6.30. The third kappa shape index (κ3) is 5.19. The molecule has 2 amide bonds. The molecule has 2 unspecified atom stereocenters. The molecular formula is C18H24N2O3. The van der Waals surface area contributed by atoms with Crippen molar-refractivity contribution in [2.24, 2.45) is 5.92 Å². The minimum absolute atomic E-state index is 0.107. The van der Waals surface area contributed by atoms with Crippen molar-refractivity contribution in [2.75, 3.05) is 26.2 Å². The summed E-state index contributed by atoms with van der Waals surface area (Å²) in [4.78, 5) is 13.8. The van der Waals surface area contributed by atoms with Gasteiger partial charge in [0.2, 0.25) is 0 Å². The molecule has 0 aromatic heterocycles. The van der Waals surface area contributed by atoms with Crippen LogP contribution in [0.1, 0.15) is 18.9 Å². The first-order valence-corrected chi connectivity index (χ1v) is 7.96. The lowest BCUT2D eigenvalue weighted by Crippen LogP contribution is -2.49. The van der Waals surface area contributed by atoms with Gasteiger partial charge in [-0.25, -0.2) is 4.79 Å². The number of hydrogen-bond acceptors (Lipinski definition) is 3. The van der Waals surface area contributed by atoms with E-state index in [1.807, 2.05) is 31.2 Å². The van der Waals surface area contributed by atoms with Crippen molar-refractivity contribution in [3.8, 4) is 18.1 Å². The van der Waals surface area contributed by atoms with Gasteiger partial charge in [0.15, 0.2) is 0 Å². The van der Waals surface area contributed by atoms with E-state index in [1.165, 1.54) is 0 Å². The van der Waals surface area contributed by atoms with Crippen molar-refractivity contribution in [3.63, 3.8) is 0 Å². The molecule has 5 nitrogen and oxygen atoms in total. The Bertz CT molecular complexity index is 550. The molecule has 2 rings (SSSR count). The molecule has 1 saturated heterocycles. The summed E-state index contributed by atoms with van der Waals surface area (Å²) in [7, 11) is 0. The molecule has 124 valence electrons. The minimum Gasteiger partial charge on any atom is -0.481 e. The zero-order chi connectivity index (χ0) is 16.7. The number of amides is 2. The topological polar surface area (TPSA) is 61.8 Å². The number of nitrogens with one attached hydrogen (secondary N) is 1. The smallest absolute Gasteiger partial charge is 0.317 e. The van der Waals surface area contributed by atoms with Gasteiger partial charge in [-0.2, -0.15) is 0 Å². The van der Waals surface area contributed by atoms with Gasteiger partial charge in [-0.1, -0.05) is 25.0 Å². The average molecular weight is 316 g/mol. The van der Waals surface area contributed by atoms with Crippen molar-refractivity contribution in [1.82, 2.24) is 10.2 Å². The van der Waals surface area contributed by atoms with E-state index in [0.29, 0.717) is 19.6 Å². The van der Waals surface area contributed by atoms with Gasteiger partial charge >= 0.3 is 6.03 Å². The van der Waals surface area contributed by atoms with E-state index in [1.54, 1.807) is 4.90 Å². The third-order valence-electron chi connectivity index (χ3n) is 4.14. The van der Waals surface area contributed by atoms with Gasteiger partial charge < -0.3 is 20.1 Å². The number of β-amino-alcohol motifs (C(OH)–C–C–N with tert-alkyl or cyclic N) is 1. The molecule has 1 aliphatic rings. The molecule has 1 aromatic rings. The Balaban J connectivity index is 1.72. The lowest BCUT2D eigenvalue weighted by atomic mass is 9.96. The van der Waals surface area contributed by atoms with Gasteiger partial charge in [0.05, 0.1) is 6.10 Å². The van der Waals surface area contributed by atoms with Crippen molar-refractivity contribution >= 4 is 6.03 Å². The summed E-state index contributed by atoms with van der Waals surface area (Å²) < 4.78 is 5.31. The van der Waals surface area contributed by atoms with Crippen LogP contribution < -0.4 is 10.1 Å². The van der Waals surface area contributed by atoms with Crippen LogP contribution in [0, 0.1) is 18.3 Å². The highest BCUT2D eigenvalue weighted by Gasteiger charge is 2.26. The maximum Gasteiger partial charge on any atom is 0.317 e.